The molecule has 0 bridgehead atoms. The first-order valence-electron chi connectivity index (χ1n) is 9.33. The summed E-state index contributed by atoms with van der Waals surface area (Å²) < 4.78 is 37.6. The van der Waals surface area contributed by atoms with Crippen LogP contribution in [0.4, 0.5) is 13.2 Å². The first-order chi connectivity index (χ1) is 12.4. The van der Waals surface area contributed by atoms with Crippen LogP contribution in [0.1, 0.15) is 24.5 Å². The molecule has 2 aliphatic heterocycles. The highest BCUT2D eigenvalue weighted by Crippen LogP contribution is 2.23. The average molecular weight is 496 g/mol. The number of aliphatic imine (C=N–C) groups is 1. The van der Waals surface area contributed by atoms with E-state index in [1.807, 2.05) is 6.92 Å². The van der Waals surface area contributed by atoms with Crippen LogP contribution in [0.15, 0.2) is 29.3 Å². The van der Waals surface area contributed by atoms with E-state index in [1.54, 1.807) is 0 Å². The molecule has 1 unspecified atom stereocenters. The predicted molar refractivity (Wildman–Crippen MR) is 113 cm³/mol. The second-order valence-corrected chi connectivity index (χ2v) is 7.14. The number of guanidine groups is 1. The van der Waals surface area contributed by atoms with Gasteiger partial charge in [0.2, 0.25) is 0 Å². The minimum atomic E-state index is -4.12. The molecule has 1 aromatic rings. The Bertz CT molecular complexity index is 636. The van der Waals surface area contributed by atoms with Crippen LogP contribution in [0.3, 0.4) is 0 Å². The van der Waals surface area contributed by atoms with Crippen LogP contribution >= 0.6 is 24.0 Å². The molecule has 1 atom stereocenters. The molecule has 1 fully saturated rings. The number of likely N-dealkylation sites (tertiary alicyclic amines) is 1. The van der Waals surface area contributed by atoms with Crippen LogP contribution in [0, 0.1) is 5.92 Å². The number of fused-ring (bicyclic) bond motifs is 1. The van der Waals surface area contributed by atoms with Gasteiger partial charge in [0.1, 0.15) is 0 Å². The average Bonchev–Trinajstić information content (AvgIpc) is 3.03. The fourth-order valence-corrected chi connectivity index (χ4v) is 3.78. The Morgan fingerprint density at radius 2 is 1.96 bits per heavy atom. The minimum Gasteiger partial charge on any atom is -0.357 e. The molecule has 0 amide bonds. The minimum absolute atomic E-state index is 0. The van der Waals surface area contributed by atoms with Crippen molar-refractivity contribution in [2.75, 3.05) is 39.3 Å². The van der Waals surface area contributed by atoms with Gasteiger partial charge in [-0.1, -0.05) is 24.3 Å². The van der Waals surface area contributed by atoms with Crippen molar-refractivity contribution in [3.05, 3.63) is 35.4 Å². The van der Waals surface area contributed by atoms with Gasteiger partial charge in [-0.3, -0.25) is 9.89 Å². The quantitative estimate of drug-likeness (QED) is 0.394. The molecule has 1 aromatic carbocycles. The van der Waals surface area contributed by atoms with Crippen molar-refractivity contribution >= 4 is 29.9 Å². The number of alkyl halides is 3. The van der Waals surface area contributed by atoms with Gasteiger partial charge in [-0.05, 0) is 43.4 Å². The zero-order valence-corrected chi connectivity index (χ0v) is 18.0. The van der Waals surface area contributed by atoms with Crippen molar-refractivity contribution < 1.29 is 13.2 Å². The molecule has 27 heavy (non-hydrogen) atoms. The molecule has 0 saturated carbocycles. The van der Waals surface area contributed by atoms with E-state index >= 15 is 0 Å². The maximum Gasteiger partial charge on any atom is 0.401 e. The number of halogens is 4. The third-order valence-corrected chi connectivity index (χ3v) is 5.04. The van der Waals surface area contributed by atoms with Gasteiger partial charge in [-0.2, -0.15) is 13.2 Å². The van der Waals surface area contributed by atoms with Gasteiger partial charge in [0.05, 0.1) is 6.54 Å². The van der Waals surface area contributed by atoms with Crippen molar-refractivity contribution in [3.63, 3.8) is 0 Å². The number of rotatable bonds is 4. The molecule has 0 spiro atoms. The van der Waals surface area contributed by atoms with E-state index in [4.69, 9.17) is 4.99 Å². The molecule has 1 N–H and O–H groups in total. The van der Waals surface area contributed by atoms with Crippen LogP contribution in [0.25, 0.3) is 0 Å². The van der Waals surface area contributed by atoms with Crippen molar-refractivity contribution in [1.82, 2.24) is 15.1 Å². The zero-order valence-electron chi connectivity index (χ0n) is 15.6. The van der Waals surface area contributed by atoms with Gasteiger partial charge in [0, 0.05) is 32.7 Å². The maximum atomic E-state index is 12.5. The normalized spacial score (nSPS) is 21.0. The SMILES string of the molecule is CCNC(=NCC1CCN(CC(F)(F)F)C1)N1CCc2ccccc2C1.I. The Balaban J connectivity index is 0.00000261. The Kier molecular flexibility index (Phi) is 8.20. The molecule has 8 heteroatoms. The van der Waals surface area contributed by atoms with Gasteiger partial charge in [0.25, 0.3) is 0 Å². The topological polar surface area (TPSA) is 30.9 Å². The van der Waals surface area contributed by atoms with E-state index < -0.39 is 12.7 Å². The summed E-state index contributed by atoms with van der Waals surface area (Å²) in [5.41, 5.74) is 2.71. The van der Waals surface area contributed by atoms with E-state index in [1.165, 1.54) is 16.0 Å². The standard InChI is InChI=1S/C19H27F3N4.HI/c1-2-23-18(26-10-8-16-5-3-4-6-17(16)13-26)24-11-15-7-9-25(12-15)14-19(20,21)22;/h3-6,15H,2,7-14H2,1H3,(H,23,24);1H. The molecule has 0 aromatic heterocycles. The molecule has 1 saturated heterocycles. The van der Waals surface area contributed by atoms with Gasteiger partial charge in [0.15, 0.2) is 5.96 Å². The monoisotopic (exact) mass is 496 g/mol. The first-order valence-corrected chi connectivity index (χ1v) is 9.33. The van der Waals surface area contributed by atoms with Crippen LogP contribution in [0.2, 0.25) is 0 Å². The van der Waals surface area contributed by atoms with E-state index in [0.29, 0.717) is 19.6 Å². The second kappa shape index (κ2) is 9.95. The molecule has 3 rings (SSSR count). The fourth-order valence-electron chi connectivity index (χ4n) is 3.78. The largest absolute Gasteiger partial charge is 0.401 e. The summed E-state index contributed by atoms with van der Waals surface area (Å²) in [6, 6.07) is 8.45. The smallest absolute Gasteiger partial charge is 0.357 e. The highest BCUT2D eigenvalue weighted by Gasteiger charge is 2.34. The van der Waals surface area contributed by atoms with Gasteiger partial charge in [-0.15, -0.1) is 24.0 Å². The number of nitrogens with one attached hydrogen (secondary N) is 1. The summed E-state index contributed by atoms with van der Waals surface area (Å²) in [7, 11) is 0. The fraction of sp³-hybridized carbons (Fsp3) is 0.632. The number of hydrogen-bond donors (Lipinski definition) is 1. The summed E-state index contributed by atoms with van der Waals surface area (Å²) in [4.78, 5) is 8.48. The summed E-state index contributed by atoms with van der Waals surface area (Å²) >= 11 is 0. The molecular formula is C19H28F3IN4. The number of benzene rings is 1. The van der Waals surface area contributed by atoms with Gasteiger partial charge in [-0.25, -0.2) is 0 Å². The van der Waals surface area contributed by atoms with Crippen molar-refractivity contribution in [2.45, 2.75) is 32.5 Å². The Morgan fingerprint density at radius 1 is 1.22 bits per heavy atom. The second-order valence-electron chi connectivity index (χ2n) is 7.14. The summed E-state index contributed by atoms with van der Waals surface area (Å²) in [5, 5.41) is 3.34. The summed E-state index contributed by atoms with van der Waals surface area (Å²) in [5.74, 6) is 1.07. The van der Waals surface area contributed by atoms with Crippen molar-refractivity contribution in [1.29, 1.82) is 0 Å². The van der Waals surface area contributed by atoms with Gasteiger partial charge < -0.3 is 10.2 Å². The molecule has 2 heterocycles. The van der Waals surface area contributed by atoms with Crippen LogP contribution in [-0.2, 0) is 13.0 Å². The van der Waals surface area contributed by atoms with E-state index in [-0.39, 0.29) is 29.9 Å². The lowest BCUT2D eigenvalue weighted by Gasteiger charge is -2.32. The Hall–Kier alpha value is -1.03. The molecule has 0 radical (unpaired) electrons. The Labute approximate surface area is 176 Å². The lowest BCUT2D eigenvalue weighted by Crippen LogP contribution is -2.44. The molecule has 152 valence electrons. The molecule has 2 aliphatic rings. The van der Waals surface area contributed by atoms with Crippen LogP contribution in [-0.4, -0.2) is 61.2 Å². The molecule has 0 aliphatic carbocycles. The summed E-state index contributed by atoms with van der Waals surface area (Å²) in [6.45, 7) is 5.31. The third kappa shape index (κ3) is 6.51. The highest BCUT2D eigenvalue weighted by molar-refractivity contribution is 14.0. The third-order valence-electron chi connectivity index (χ3n) is 5.04. The number of nitrogens with zero attached hydrogens (tertiary/aromatic N) is 3. The van der Waals surface area contributed by atoms with Crippen molar-refractivity contribution in [3.8, 4) is 0 Å². The molecular weight excluding hydrogens is 468 g/mol. The first kappa shape index (κ1) is 22.3. The lowest BCUT2D eigenvalue weighted by molar-refractivity contribution is -0.143. The van der Waals surface area contributed by atoms with Crippen LogP contribution < -0.4 is 5.32 Å². The maximum absolute atomic E-state index is 12.5. The summed E-state index contributed by atoms with van der Waals surface area (Å²) in [6.07, 6.45) is -2.35. The van der Waals surface area contributed by atoms with Gasteiger partial charge >= 0.3 is 6.18 Å². The lowest BCUT2D eigenvalue weighted by atomic mass is 10.0. The van der Waals surface area contributed by atoms with E-state index in [9.17, 15) is 13.2 Å². The zero-order chi connectivity index (χ0) is 18.6. The highest BCUT2D eigenvalue weighted by atomic mass is 127. The predicted octanol–water partition coefficient (Wildman–Crippen LogP) is 3.51. The Morgan fingerprint density at radius 3 is 2.67 bits per heavy atom. The van der Waals surface area contributed by atoms with Crippen LogP contribution in [0.5, 0.6) is 0 Å². The molecule has 4 nitrogen and oxygen atoms in total. The number of hydrogen-bond acceptors (Lipinski definition) is 2. The van der Waals surface area contributed by atoms with E-state index in [0.717, 1.165) is 38.4 Å². The van der Waals surface area contributed by atoms with E-state index in [2.05, 4.69) is 34.5 Å². The van der Waals surface area contributed by atoms with Crippen molar-refractivity contribution in [2.24, 2.45) is 10.9 Å².